The molecule has 7 nitrogen and oxygen atoms in total. The highest BCUT2D eigenvalue weighted by molar-refractivity contribution is 5.87. The minimum absolute atomic E-state index is 0.129. The summed E-state index contributed by atoms with van der Waals surface area (Å²) in [6, 6.07) is 6.44. The van der Waals surface area contributed by atoms with Gasteiger partial charge in [0.05, 0.1) is 0 Å². The van der Waals surface area contributed by atoms with Crippen molar-refractivity contribution < 1.29 is 0 Å². The SMILES string of the molecule is CC(C)c1ccnc(-c2nc3nc(C#N)nc(NC(C)C4CCC4)c3n2C)c1.CC1CCCCC1. The van der Waals surface area contributed by atoms with Gasteiger partial charge in [-0.3, -0.25) is 4.98 Å². The van der Waals surface area contributed by atoms with Crippen molar-refractivity contribution in [2.24, 2.45) is 18.9 Å². The van der Waals surface area contributed by atoms with E-state index in [1.165, 1.54) is 56.9 Å². The normalized spacial score (nSPS) is 17.4. The van der Waals surface area contributed by atoms with E-state index in [4.69, 9.17) is 4.98 Å². The predicted octanol–water partition coefficient (Wildman–Crippen LogP) is 6.61. The quantitative estimate of drug-likeness (QED) is 0.448. The van der Waals surface area contributed by atoms with E-state index in [1.807, 2.05) is 23.9 Å². The van der Waals surface area contributed by atoms with Crippen molar-refractivity contribution >= 4 is 17.0 Å². The number of nitriles is 1. The van der Waals surface area contributed by atoms with Crippen molar-refractivity contribution in [1.29, 1.82) is 5.26 Å². The molecule has 35 heavy (non-hydrogen) atoms. The fraction of sp³-hybridized carbons (Fsp3) is 0.607. The molecule has 1 atom stereocenters. The summed E-state index contributed by atoms with van der Waals surface area (Å²) < 4.78 is 1.97. The van der Waals surface area contributed by atoms with E-state index >= 15 is 0 Å². The van der Waals surface area contributed by atoms with Crippen LogP contribution < -0.4 is 5.32 Å². The third-order valence-corrected chi connectivity index (χ3v) is 7.63. The molecule has 0 radical (unpaired) electrons. The van der Waals surface area contributed by atoms with Gasteiger partial charge >= 0.3 is 0 Å². The Labute approximate surface area is 209 Å². The molecule has 1 N–H and O–H groups in total. The van der Waals surface area contributed by atoms with Crippen LogP contribution in [-0.4, -0.2) is 30.5 Å². The van der Waals surface area contributed by atoms with Crippen molar-refractivity contribution in [1.82, 2.24) is 24.5 Å². The van der Waals surface area contributed by atoms with Crippen LogP contribution in [0.15, 0.2) is 18.3 Å². The molecule has 7 heteroatoms. The number of hydrogen-bond donors (Lipinski definition) is 1. The molecule has 5 rings (SSSR count). The molecule has 2 aliphatic carbocycles. The Kier molecular flexibility index (Phi) is 8.00. The van der Waals surface area contributed by atoms with E-state index in [0.29, 0.717) is 29.3 Å². The molecular weight excluding hydrogens is 434 g/mol. The van der Waals surface area contributed by atoms with E-state index in [0.717, 1.165) is 23.0 Å². The van der Waals surface area contributed by atoms with Crippen LogP contribution in [0.2, 0.25) is 0 Å². The molecule has 0 bridgehead atoms. The summed E-state index contributed by atoms with van der Waals surface area (Å²) >= 11 is 0. The van der Waals surface area contributed by atoms with Crippen LogP contribution >= 0.6 is 0 Å². The van der Waals surface area contributed by atoms with Gasteiger partial charge < -0.3 is 9.88 Å². The topological polar surface area (TPSA) is 92.3 Å². The first-order chi connectivity index (χ1) is 16.9. The summed E-state index contributed by atoms with van der Waals surface area (Å²) in [5.74, 6) is 3.61. The number of fused-ring (bicyclic) bond motifs is 1. The van der Waals surface area contributed by atoms with Gasteiger partial charge in [0.15, 0.2) is 17.3 Å². The van der Waals surface area contributed by atoms with E-state index < -0.39 is 0 Å². The Morgan fingerprint density at radius 1 is 1.03 bits per heavy atom. The number of pyridine rings is 1. The number of aromatic nitrogens is 5. The van der Waals surface area contributed by atoms with Crippen molar-refractivity contribution in [2.75, 3.05) is 5.32 Å². The van der Waals surface area contributed by atoms with Crippen LogP contribution in [0.3, 0.4) is 0 Å². The first kappa shape index (κ1) is 25.1. The van der Waals surface area contributed by atoms with Crippen molar-refractivity contribution in [3.05, 3.63) is 29.7 Å². The smallest absolute Gasteiger partial charge is 0.236 e. The number of anilines is 1. The van der Waals surface area contributed by atoms with E-state index in [1.54, 1.807) is 0 Å². The Morgan fingerprint density at radius 3 is 2.34 bits per heavy atom. The van der Waals surface area contributed by atoms with Gasteiger partial charge in [0, 0.05) is 19.3 Å². The number of hydrogen-bond acceptors (Lipinski definition) is 6. The maximum atomic E-state index is 9.36. The molecule has 186 valence electrons. The summed E-state index contributed by atoms with van der Waals surface area (Å²) in [7, 11) is 1.95. The van der Waals surface area contributed by atoms with Crippen LogP contribution in [0, 0.1) is 23.2 Å². The summed E-state index contributed by atoms with van der Waals surface area (Å²) in [5.41, 5.74) is 3.32. The minimum atomic E-state index is 0.129. The van der Waals surface area contributed by atoms with E-state index in [9.17, 15) is 5.26 Å². The summed E-state index contributed by atoms with van der Waals surface area (Å²) in [5, 5.41) is 12.9. The number of nitrogens with one attached hydrogen (secondary N) is 1. The Balaban J connectivity index is 0.000000356. The number of nitrogens with zero attached hydrogens (tertiary/aromatic N) is 6. The first-order valence-electron chi connectivity index (χ1n) is 13.2. The molecule has 3 heterocycles. The van der Waals surface area contributed by atoms with Gasteiger partial charge in [-0.2, -0.15) is 15.2 Å². The summed E-state index contributed by atoms with van der Waals surface area (Å²) in [6.07, 6.45) is 13.0. The maximum Gasteiger partial charge on any atom is 0.236 e. The fourth-order valence-corrected chi connectivity index (χ4v) is 5.00. The summed E-state index contributed by atoms with van der Waals surface area (Å²) in [4.78, 5) is 18.0. The molecule has 2 aliphatic rings. The second-order valence-electron chi connectivity index (χ2n) is 10.7. The summed E-state index contributed by atoms with van der Waals surface area (Å²) in [6.45, 7) is 8.85. The minimum Gasteiger partial charge on any atom is -0.365 e. The van der Waals surface area contributed by atoms with Crippen LogP contribution in [0.25, 0.3) is 22.7 Å². The van der Waals surface area contributed by atoms with Gasteiger partial charge in [-0.15, -0.1) is 0 Å². The zero-order valence-corrected chi connectivity index (χ0v) is 21.9. The number of rotatable bonds is 5. The monoisotopic (exact) mass is 473 g/mol. The lowest BCUT2D eigenvalue weighted by atomic mass is 9.80. The Morgan fingerprint density at radius 2 is 1.77 bits per heavy atom. The van der Waals surface area contributed by atoms with Gasteiger partial charge in [0.2, 0.25) is 5.82 Å². The van der Waals surface area contributed by atoms with Crippen LogP contribution in [-0.2, 0) is 7.05 Å². The highest BCUT2D eigenvalue weighted by Crippen LogP contribution is 2.33. The lowest BCUT2D eigenvalue weighted by Gasteiger charge is -2.32. The zero-order chi connectivity index (χ0) is 24.9. The van der Waals surface area contributed by atoms with Crippen molar-refractivity contribution in [2.45, 2.75) is 91.0 Å². The second kappa shape index (κ2) is 11.2. The lowest BCUT2D eigenvalue weighted by Crippen LogP contribution is -2.31. The third-order valence-electron chi connectivity index (χ3n) is 7.63. The molecule has 3 aromatic rings. The van der Waals surface area contributed by atoms with Gasteiger partial charge in [0.25, 0.3) is 0 Å². The van der Waals surface area contributed by atoms with E-state index in [-0.39, 0.29) is 5.82 Å². The average molecular weight is 474 g/mol. The molecule has 2 fully saturated rings. The maximum absolute atomic E-state index is 9.36. The molecule has 0 saturated heterocycles. The van der Waals surface area contributed by atoms with Crippen LogP contribution in [0.1, 0.15) is 96.4 Å². The first-order valence-corrected chi connectivity index (χ1v) is 13.2. The Hall–Kier alpha value is -3.01. The number of aryl methyl sites for hydroxylation is 1. The molecule has 0 spiro atoms. The van der Waals surface area contributed by atoms with Gasteiger partial charge in [-0.05, 0) is 55.2 Å². The fourth-order valence-electron chi connectivity index (χ4n) is 5.00. The second-order valence-corrected chi connectivity index (χ2v) is 10.7. The largest absolute Gasteiger partial charge is 0.365 e. The van der Waals surface area contributed by atoms with Crippen LogP contribution in [0.5, 0.6) is 0 Å². The van der Waals surface area contributed by atoms with Crippen molar-refractivity contribution in [3.8, 4) is 17.6 Å². The highest BCUT2D eigenvalue weighted by atomic mass is 15.2. The lowest BCUT2D eigenvalue weighted by molar-refractivity contribution is 0.285. The number of imidazole rings is 1. The van der Waals surface area contributed by atoms with Crippen molar-refractivity contribution in [3.63, 3.8) is 0 Å². The van der Waals surface area contributed by atoms with Gasteiger partial charge in [-0.25, -0.2) is 4.98 Å². The molecule has 0 amide bonds. The highest BCUT2D eigenvalue weighted by Gasteiger charge is 2.26. The molecule has 1 unspecified atom stereocenters. The third kappa shape index (κ3) is 5.80. The van der Waals surface area contributed by atoms with Gasteiger partial charge in [0.1, 0.15) is 17.3 Å². The molecule has 2 saturated carbocycles. The average Bonchev–Trinajstić information content (AvgIpc) is 3.15. The standard InChI is InChI=1S/C21H25N7.C7H14/c1-12(2)15-8-9-23-16(10-15)21-27-20-18(28(21)4)19(25-17(11-22)26-20)24-13(3)14-6-5-7-14;1-7-5-3-2-4-6-7/h8-10,12-14H,5-7H2,1-4H3,(H,24,25,26);7H,2-6H2,1H3. The molecular formula is C28H39N7. The Bertz CT molecular complexity index is 1180. The predicted molar refractivity (Wildman–Crippen MR) is 141 cm³/mol. The van der Waals surface area contributed by atoms with Crippen LogP contribution in [0.4, 0.5) is 5.82 Å². The molecule has 0 aromatic carbocycles. The molecule has 3 aromatic heterocycles. The van der Waals surface area contributed by atoms with Gasteiger partial charge in [-0.1, -0.05) is 59.3 Å². The van der Waals surface area contributed by atoms with E-state index in [2.05, 4.69) is 60.1 Å². The zero-order valence-electron chi connectivity index (χ0n) is 21.9. The molecule has 0 aliphatic heterocycles.